The Morgan fingerprint density at radius 1 is 1.22 bits per heavy atom. The van der Waals surface area contributed by atoms with Gasteiger partial charge in [-0.3, -0.25) is 24.6 Å². The molecule has 1 amide bonds. The number of hydrogen-bond acceptors (Lipinski definition) is 5. The number of pyridine rings is 1. The van der Waals surface area contributed by atoms with Gasteiger partial charge < -0.3 is 5.32 Å². The topological polar surface area (TPSA) is 103 Å². The molecule has 8 nitrogen and oxygen atoms in total. The van der Waals surface area contributed by atoms with Crippen molar-refractivity contribution in [2.45, 2.75) is 6.54 Å². The van der Waals surface area contributed by atoms with Gasteiger partial charge in [0.1, 0.15) is 0 Å². The van der Waals surface area contributed by atoms with Crippen LogP contribution in [0.5, 0.6) is 0 Å². The smallest absolute Gasteiger partial charge is 0.269 e. The number of non-ortho nitro benzene ring substituents is 1. The average Bonchev–Trinajstić information content (AvgIpc) is 3.06. The molecule has 0 saturated heterocycles. The summed E-state index contributed by atoms with van der Waals surface area (Å²) in [6, 6.07) is 11.7. The van der Waals surface area contributed by atoms with Crippen LogP contribution in [0.3, 0.4) is 0 Å². The zero-order valence-corrected chi connectivity index (χ0v) is 14.6. The van der Waals surface area contributed by atoms with Crippen molar-refractivity contribution in [3.05, 3.63) is 82.3 Å². The molecule has 27 heavy (non-hydrogen) atoms. The van der Waals surface area contributed by atoms with Gasteiger partial charge in [0.25, 0.3) is 5.69 Å². The molecular formula is C19H17N5O3. The van der Waals surface area contributed by atoms with Gasteiger partial charge >= 0.3 is 0 Å². The number of amides is 1. The molecule has 0 spiro atoms. The van der Waals surface area contributed by atoms with Crippen LogP contribution < -0.4 is 5.32 Å². The lowest BCUT2D eigenvalue weighted by atomic mass is 10.2. The van der Waals surface area contributed by atoms with Crippen LogP contribution in [-0.2, 0) is 18.4 Å². The monoisotopic (exact) mass is 363 g/mol. The Hall–Kier alpha value is -3.81. The third-order valence-electron chi connectivity index (χ3n) is 3.88. The summed E-state index contributed by atoms with van der Waals surface area (Å²) in [5, 5.41) is 17.8. The molecule has 0 atom stereocenters. The second-order valence-corrected chi connectivity index (χ2v) is 5.78. The molecule has 3 rings (SSSR count). The van der Waals surface area contributed by atoms with Crippen molar-refractivity contribution < 1.29 is 9.72 Å². The van der Waals surface area contributed by atoms with Crippen LogP contribution in [-0.4, -0.2) is 25.6 Å². The Balaban J connectivity index is 1.58. The molecule has 0 bridgehead atoms. The minimum Gasteiger partial charge on any atom is -0.347 e. The number of nitro groups is 1. The second-order valence-electron chi connectivity index (χ2n) is 5.78. The molecule has 0 radical (unpaired) electrons. The van der Waals surface area contributed by atoms with Crippen LogP contribution >= 0.6 is 0 Å². The summed E-state index contributed by atoms with van der Waals surface area (Å²) >= 11 is 0. The molecule has 8 heteroatoms. The molecule has 1 N–H and O–H groups in total. The molecule has 2 heterocycles. The largest absolute Gasteiger partial charge is 0.347 e. The number of carbonyl (C=O) groups is 1. The number of nitrogens with zero attached hydrogens (tertiary/aromatic N) is 4. The van der Waals surface area contributed by atoms with Crippen molar-refractivity contribution in [2.24, 2.45) is 7.05 Å². The molecular weight excluding hydrogens is 346 g/mol. The summed E-state index contributed by atoms with van der Waals surface area (Å²) in [5.74, 6) is -0.274. The fourth-order valence-electron chi connectivity index (χ4n) is 2.52. The third kappa shape index (κ3) is 4.63. The molecule has 2 aromatic heterocycles. The minimum atomic E-state index is -0.465. The van der Waals surface area contributed by atoms with E-state index < -0.39 is 4.92 Å². The van der Waals surface area contributed by atoms with Crippen molar-refractivity contribution in [2.75, 3.05) is 0 Å². The molecule has 0 unspecified atom stereocenters. The summed E-state index contributed by atoms with van der Waals surface area (Å²) in [7, 11) is 1.84. The van der Waals surface area contributed by atoms with Gasteiger partial charge in [0.15, 0.2) is 0 Å². The van der Waals surface area contributed by atoms with E-state index in [1.165, 1.54) is 18.2 Å². The van der Waals surface area contributed by atoms with E-state index >= 15 is 0 Å². The maximum Gasteiger partial charge on any atom is 0.269 e. The normalized spacial score (nSPS) is 10.9. The van der Waals surface area contributed by atoms with Gasteiger partial charge in [-0.1, -0.05) is 0 Å². The molecule has 0 aliphatic rings. The van der Waals surface area contributed by atoms with Gasteiger partial charge in [-0.25, -0.2) is 0 Å². The van der Waals surface area contributed by atoms with E-state index in [1.807, 2.05) is 25.2 Å². The number of aryl methyl sites for hydroxylation is 1. The summed E-state index contributed by atoms with van der Waals surface area (Å²) in [5.41, 5.74) is 3.38. The first-order chi connectivity index (χ1) is 13.0. The molecule has 3 aromatic rings. The van der Waals surface area contributed by atoms with Crippen LogP contribution in [0.4, 0.5) is 5.69 Å². The highest BCUT2D eigenvalue weighted by Gasteiger charge is 2.08. The third-order valence-corrected chi connectivity index (χ3v) is 3.88. The zero-order valence-electron chi connectivity index (χ0n) is 14.6. The lowest BCUT2D eigenvalue weighted by Crippen LogP contribution is -2.20. The molecule has 136 valence electrons. The standard InChI is InChI=1S/C19H17N5O3/c1-23-18(15-8-10-20-11-9-15)12-16(22-23)13-21-19(25)7-4-14-2-5-17(6-3-14)24(26)27/h2-12H,13H2,1H3,(H,21,25)/b7-4+. The predicted molar refractivity (Wildman–Crippen MR) is 100 cm³/mol. The molecule has 0 saturated carbocycles. The van der Waals surface area contributed by atoms with Crippen molar-refractivity contribution in [1.29, 1.82) is 0 Å². The first kappa shape index (κ1) is 18.0. The van der Waals surface area contributed by atoms with Crippen molar-refractivity contribution in [1.82, 2.24) is 20.1 Å². The lowest BCUT2D eigenvalue weighted by Gasteiger charge is -1.99. The lowest BCUT2D eigenvalue weighted by molar-refractivity contribution is -0.384. The maximum atomic E-state index is 12.0. The Kier molecular flexibility index (Phi) is 5.36. The highest BCUT2D eigenvalue weighted by molar-refractivity contribution is 5.91. The number of aromatic nitrogens is 3. The van der Waals surface area contributed by atoms with Crippen molar-refractivity contribution in [3.63, 3.8) is 0 Å². The van der Waals surface area contributed by atoms with Crippen LogP contribution in [0.15, 0.2) is 60.9 Å². The molecule has 1 aromatic carbocycles. The zero-order chi connectivity index (χ0) is 19.2. The Morgan fingerprint density at radius 2 is 1.93 bits per heavy atom. The van der Waals surface area contributed by atoms with Gasteiger partial charge in [-0.15, -0.1) is 0 Å². The highest BCUT2D eigenvalue weighted by atomic mass is 16.6. The first-order valence-electron chi connectivity index (χ1n) is 8.16. The number of hydrogen-bond donors (Lipinski definition) is 1. The summed E-state index contributed by atoms with van der Waals surface area (Å²) in [6.07, 6.45) is 6.41. The summed E-state index contributed by atoms with van der Waals surface area (Å²) in [4.78, 5) is 26.1. The van der Waals surface area contributed by atoms with E-state index in [1.54, 1.807) is 35.3 Å². The second kappa shape index (κ2) is 8.05. The summed E-state index contributed by atoms with van der Waals surface area (Å²) < 4.78 is 1.75. The minimum absolute atomic E-state index is 0.0109. The number of benzene rings is 1. The van der Waals surface area contributed by atoms with Crippen LogP contribution in [0, 0.1) is 10.1 Å². The molecule has 0 aliphatic carbocycles. The fourth-order valence-corrected chi connectivity index (χ4v) is 2.52. The fraction of sp³-hybridized carbons (Fsp3) is 0.105. The van der Waals surface area contributed by atoms with E-state index in [0.29, 0.717) is 12.1 Å². The SMILES string of the molecule is Cn1nc(CNC(=O)/C=C/c2ccc([N+](=O)[O-])cc2)cc1-c1ccncc1. The maximum absolute atomic E-state index is 12.0. The summed E-state index contributed by atoms with van der Waals surface area (Å²) in [6.45, 7) is 0.294. The van der Waals surface area contributed by atoms with E-state index in [2.05, 4.69) is 15.4 Å². The molecule has 0 fully saturated rings. The Morgan fingerprint density at radius 3 is 2.59 bits per heavy atom. The Bertz CT molecular complexity index is 978. The van der Waals surface area contributed by atoms with Gasteiger partial charge in [0.2, 0.25) is 5.91 Å². The number of nitrogens with one attached hydrogen (secondary N) is 1. The van der Waals surface area contributed by atoms with Crippen LogP contribution in [0.25, 0.3) is 17.3 Å². The van der Waals surface area contributed by atoms with E-state index in [0.717, 1.165) is 17.0 Å². The number of carbonyl (C=O) groups excluding carboxylic acids is 1. The Labute approximate surface area is 155 Å². The van der Waals surface area contributed by atoms with E-state index in [4.69, 9.17) is 0 Å². The quantitative estimate of drug-likeness (QED) is 0.412. The van der Waals surface area contributed by atoms with E-state index in [-0.39, 0.29) is 11.6 Å². The van der Waals surface area contributed by atoms with Crippen molar-refractivity contribution >= 4 is 17.7 Å². The van der Waals surface area contributed by atoms with E-state index in [9.17, 15) is 14.9 Å². The first-order valence-corrected chi connectivity index (χ1v) is 8.16. The number of nitro benzene ring substituents is 1. The van der Waals surface area contributed by atoms with Crippen LogP contribution in [0.1, 0.15) is 11.3 Å². The predicted octanol–water partition coefficient (Wildman–Crippen LogP) is 2.72. The van der Waals surface area contributed by atoms with Gasteiger partial charge in [-0.05, 0) is 42.0 Å². The van der Waals surface area contributed by atoms with Gasteiger partial charge in [-0.2, -0.15) is 5.10 Å². The average molecular weight is 363 g/mol. The highest BCUT2D eigenvalue weighted by Crippen LogP contribution is 2.18. The number of rotatable bonds is 6. The van der Waals surface area contributed by atoms with Gasteiger partial charge in [0, 0.05) is 43.2 Å². The van der Waals surface area contributed by atoms with Gasteiger partial charge in [0.05, 0.1) is 22.9 Å². The molecule has 0 aliphatic heterocycles. The van der Waals surface area contributed by atoms with Crippen LogP contribution in [0.2, 0.25) is 0 Å². The van der Waals surface area contributed by atoms with Crippen molar-refractivity contribution in [3.8, 4) is 11.3 Å².